The van der Waals surface area contributed by atoms with Crippen molar-refractivity contribution in [3.63, 3.8) is 0 Å². The Hall–Kier alpha value is -1.03. The third-order valence-electron chi connectivity index (χ3n) is 2.72. The number of carboxylic acids is 1. The molecule has 0 aliphatic rings. The van der Waals surface area contributed by atoms with Crippen molar-refractivity contribution in [2.24, 2.45) is 0 Å². The second-order valence-corrected chi connectivity index (χ2v) is 4.73. The van der Waals surface area contributed by atoms with Gasteiger partial charge < -0.3 is 10.2 Å². The van der Waals surface area contributed by atoms with Crippen molar-refractivity contribution in [1.29, 1.82) is 0 Å². The fourth-order valence-corrected chi connectivity index (χ4v) is 2.23. The van der Waals surface area contributed by atoms with Gasteiger partial charge in [-0.05, 0) is 65.4 Å². The van der Waals surface area contributed by atoms with E-state index in [4.69, 9.17) is 5.11 Å². The molecule has 0 radical (unpaired) electrons. The van der Waals surface area contributed by atoms with Crippen molar-refractivity contribution in [3.05, 3.63) is 27.2 Å². The number of aromatic hydroxyl groups is 1. The highest BCUT2D eigenvalue weighted by Gasteiger charge is 2.11. The van der Waals surface area contributed by atoms with Gasteiger partial charge in [-0.25, -0.2) is 0 Å². The number of halogens is 1. The minimum Gasteiger partial charge on any atom is -0.506 e. The van der Waals surface area contributed by atoms with E-state index in [1.54, 1.807) is 0 Å². The van der Waals surface area contributed by atoms with Gasteiger partial charge in [0.15, 0.2) is 0 Å². The third-order valence-corrected chi connectivity index (χ3v) is 3.32. The third kappa shape index (κ3) is 2.98. The smallest absolute Gasteiger partial charge is 0.303 e. The summed E-state index contributed by atoms with van der Waals surface area (Å²) in [4.78, 5) is 10.4. The molecule has 2 N–H and O–H groups in total. The molecule has 0 heterocycles. The van der Waals surface area contributed by atoms with Crippen LogP contribution in [-0.4, -0.2) is 16.2 Å². The molecule has 0 saturated carbocycles. The fraction of sp³-hybridized carbons (Fsp3) is 0.417. The number of carbonyl (C=O) groups is 1. The van der Waals surface area contributed by atoms with Gasteiger partial charge in [0.25, 0.3) is 0 Å². The summed E-state index contributed by atoms with van der Waals surface area (Å²) in [7, 11) is 0. The molecule has 88 valence electrons. The van der Waals surface area contributed by atoms with Crippen LogP contribution in [-0.2, 0) is 11.2 Å². The molecule has 0 atom stereocenters. The van der Waals surface area contributed by atoms with E-state index in [1.807, 2.05) is 19.9 Å². The fourth-order valence-electron chi connectivity index (χ4n) is 1.65. The van der Waals surface area contributed by atoms with Crippen molar-refractivity contribution in [3.8, 4) is 5.75 Å². The predicted octanol–water partition coefficient (Wildman–Crippen LogP) is 3.18. The van der Waals surface area contributed by atoms with E-state index >= 15 is 0 Å². The van der Waals surface area contributed by atoms with Crippen molar-refractivity contribution < 1.29 is 15.0 Å². The predicted molar refractivity (Wildman–Crippen MR) is 65.9 cm³/mol. The van der Waals surface area contributed by atoms with Gasteiger partial charge in [0.05, 0.1) is 4.47 Å². The summed E-state index contributed by atoms with van der Waals surface area (Å²) >= 11 is 3.29. The number of phenols is 1. The number of aryl methyl sites for hydroxylation is 1. The van der Waals surface area contributed by atoms with Crippen molar-refractivity contribution in [2.75, 3.05) is 0 Å². The number of hydrogen-bond acceptors (Lipinski definition) is 2. The molecule has 0 unspecified atom stereocenters. The molecule has 3 nitrogen and oxygen atoms in total. The summed E-state index contributed by atoms with van der Waals surface area (Å²) in [5.41, 5.74) is 2.97. The Bertz CT molecular complexity index is 387. The van der Waals surface area contributed by atoms with Crippen LogP contribution in [0.5, 0.6) is 5.75 Å². The van der Waals surface area contributed by atoms with Crippen LogP contribution in [0.1, 0.15) is 29.5 Å². The van der Waals surface area contributed by atoms with Gasteiger partial charge >= 0.3 is 5.97 Å². The summed E-state index contributed by atoms with van der Waals surface area (Å²) in [6, 6.07) is 1.87. The first-order chi connectivity index (χ1) is 7.43. The first kappa shape index (κ1) is 13.0. The first-order valence-electron chi connectivity index (χ1n) is 5.12. The van der Waals surface area contributed by atoms with Crippen LogP contribution in [0.4, 0.5) is 0 Å². The Morgan fingerprint density at radius 1 is 1.44 bits per heavy atom. The average molecular weight is 287 g/mol. The maximum absolute atomic E-state index is 10.4. The summed E-state index contributed by atoms with van der Waals surface area (Å²) in [5, 5.41) is 18.4. The largest absolute Gasteiger partial charge is 0.506 e. The molecule has 0 spiro atoms. The molecule has 0 aliphatic heterocycles. The van der Waals surface area contributed by atoms with Gasteiger partial charge in [-0.1, -0.05) is 0 Å². The van der Waals surface area contributed by atoms with Crippen LogP contribution in [0.25, 0.3) is 0 Å². The van der Waals surface area contributed by atoms with E-state index in [1.165, 1.54) is 0 Å². The molecule has 4 heteroatoms. The van der Waals surface area contributed by atoms with Gasteiger partial charge in [-0.15, -0.1) is 0 Å². The van der Waals surface area contributed by atoms with Crippen LogP contribution >= 0.6 is 15.9 Å². The number of phenolic OH excluding ortho intramolecular Hbond substituents is 1. The van der Waals surface area contributed by atoms with Crippen LogP contribution in [0.3, 0.4) is 0 Å². The average Bonchev–Trinajstić information content (AvgIpc) is 2.20. The molecule has 0 fully saturated rings. The Morgan fingerprint density at radius 3 is 2.62 bits per heavy atom. The topological polar surface area (TPSA) is 57.5 Å². The zero-order valence-corrected chi connectivity index (χ0v) is 11.0. The quantitative estimate of drug-likeness (QED) is 0.894. The molecule has 1 aromatic carbocycles. The number of benzene rings is 1. The van der Waals surface area contributed by atoms with E-state index in [9.17, 15) is 9.90 Å². The number of aliphatic carboxylic acids is 1. The molecular weight excluding hydrogens is 272 g/mol. The minimum atomic E-state index is -0.802. The lowest BCUT2D eigenvalue weighted by molar-refractivity contribution is -0.137. The summed E-state index contributed by atoms with van der Waals surface area (Å²) < 4.78 is 0.668. The Labute approximate surface area is 103 Å². The number of carboxylic acid groups (broad SMARTS) is 1. The van der Waals surface area contributed by atoms with E-state index < -0.39 is 5.97 Å². The number of rotatable bonds is 4. The lowest BCUT2D eigenvalue weighted by atomic mass is 9.98. The summed E-state index contributed by atoms with van der Waals surface area (Å²) in [6.07, 6.45) is 1.26. The van der Waals surface area contributed by atoms with Crippen LogP contribution < -0.4 is 0 Å². The van der Waals surface area contributed by atoms with Gasteiger partial charge in [0.1, 0.15) is 5.75 Å². The van der Waals surface area contributed by atoms with E-state index in [0.717, 1.165) is 16.7 Å². The molecule has 0 saturated heterocycles. The van der Waals surface area contributed by atoms with E-state index in [0.29, 0.717) is 17.3 Å². The van der Waals surface area contributed by atoms with E-state index in [2.05, 4.69) is 15.9 Å². The molecule has 0 aromatic heterocycles. The lowest BCUT2D eigenvalue weighted by Gasteiger charge is -2.12. The van der Waals surface area contributed by atoms with Crippen molar-refractivity contribution in [2.45, 2.75) is 33.1 Å². The second kappa shape index (κ2) is 5.34. The normalized spacial score (nSPS) is 10.4. The van der Waals surface area contributed by atoms with Crippen LogP contribution in [0, 0.1) is 13.8 Å². The molecule has 16 heavy (non-hydrogen) atoms. The van der Waals surface area contributed by atoms with Crippen molar-refractivity contribution >= 4 is 21.9 Å². The minimum absolute atomic E-state index is 0.129. The highest BCUT2D eigenvalue weighted by Crippen LogP contribution is 2.33. The molecular formula is C12H15BrO3. The second-order valence-electron chi connectivity index (χ2n) is 3.87. The molecule has 0 amide bonds. The zero-order valence-electron chi connectivity index (χ0n) is 9.38. The van der Waals surface area contributed by atoms with E-state index in [-0.39, 0.29) is 12.2 Å². The molecule has 0 bridgehead atoms. The van der Waals surface area contributed by atoms with Gasteiger partial charge in [0, 0.05) is 6.42 Å². The summed E-state index contributed by atoms with van der Waals surface area (Å²) in [5.74, 6) is -0.572. The van der Waals surface area contributed by atoms with Gasteiger partial charge in [-0.3, -0.25) is 4.79 Å². The van der Waals surface area contributed by atoms with Crippen LogP contribution in [0.15, 0.2) is 10.5 Å². The Balaban J connectivity index is 2.90. The monoisotopic (exact) mass is 286 g/mol. The zero-order chi connectivity index (χ0) is 12.3. The van der Waals surface area contributed by atoms with Gasteiger partial charge in [-0.2, -0.15) is 0 Å². The van der Waals surface area contributed by atoms with Crippen molar-refractivity contribution in [1.82, 2.24) is 0 Å². The SMILES string of the molecule is Cc1cc(Br)c(O)c(CCCC(=O)O)c1C. The standard InChI is InChI=1S/C12H15BrO3/c1-7-6-10(13)12(16)9(8(7)2)4-3-5-11(14)15/h6,16H,3-5H2,1-2H3,(H,14,15). The molecule has 1 aromatic rings. The first-order valence-corrected chi connectivity index (χ1v) is 5.92. The highest BCUT2D eigenvalue weighted by atomic mass is 79.9. The maximum atomic E-state index is 10.4. The lowest BCUT2D eigenvalue weighted by Crippen LogP contribution is -1.99. The highest BCUT2D eigenvalue weighted by molar-refractivity contribution is 9.10. The maximum Gasteiger partial charge on any atom is 0.303 e. The molecule has 0 aliphatic carbocycles. The Kier molecular flexibility index (Phi) is 4.35. The Morgan fingerprint density at radius 2 is 2.06 bits per heavy atom. The van der Waals surface area contributed by atoms with Gasteiger partial charge in [0.2, 0.25) is 0 Å². The van der Waals surface area contributed by atoms with Crippen LogP contribution in [0.2, 0.25) is 0 Å². The summed E-state index contributed by atoms with van der Waals surface area (Å²) in [6.45, 7) is 3.91. The number of hydrogen-bond donors (Lipinski definition) is 2. The molecule has 1 rings (SSSR count).